The van der Waals surface area contributed by atoms with Crippen LogP contribution in [-0.4, -0.2) is 50.9 Å². The van der Waals surface area contributed by atoms with Crippen LogP contribution in [0, 0.1) is 0 Å². The van der Waals surface area contributed by atoms with Gasteiger partial charge in [-0.3, -0.25) is 9.78 Å². The van der Waals surface area contributed by atoms with Gasteiger partial charge < -0.3 is 20.3 Å². The highest BCUT2D eigenvalue weighted by Crippen LogP contribution is 2.30. The molecule has 0 spiro atoms. The van der Waals surface area contributed by atoms with Crippen LogP contribution in [-0.2, 0) is 0 Å². The summed E-state index contributed by atoms with van der Waals surface area (Å²) in [7, 11) is 3.39. The zero-order valence-electron chi connectivity index (χ0n) is 15.2. The molecule has 1 amide bonds. The predicted octanol–water partition coefficient (Wildman–Crippen LogP) is 3.25. The summed E-state index contributed by atoms with van der Waals surface area (Å²) in [5, 5.41) is 14.0. The Hall–Kier alpha value is -3.94. The molecule has 0 radical (unpaired) electrons. The zero-order chi connectivity index (χ0) is 19.8. The lowest BCUT2D eigenvalue weighted by molar-refractivity contribution is 0.0691. The Kier molecular flexibility index (Phi) is 4.15. The molecule has 3 N–H and O–H groups in total. The Labute approximate surface area is 159 Å². The first-order valence-corrected chi connectivity index (χ1v) is 8.52. The molecule has 0 saturated carbocycles. The van der Waals surface area contributed by atoms with E-state index in [1.54, 1.807) is 50.8 Å². The zero-order valence-corrected chi connectivity index (χ0v) is 15.2. The second-order valence-corrected chi connectivity index (χ2v) is 6.54. The van der Waals surface area contributed by atoms with E-state index in [4.69, 9.17) is 0 Å². The molecule has 0 unspecified atom stereocenters. The highest BCUT2D eigenvalue weighted by atomic mass is 16.4. The molecule has 0 atom stereocenters. The van der Waals surface area contributed by atoms with E-state index in [9.17, 15) is 14.7 Å². The fraction of sp³-hybridized carbons (Fsp3) is 0.100. The van der Waals surface area contributed by atoms with Gasteiger partial charge in [0, 0.05) is 48.5 Å². The Morgan fingerprint density at radius 3 is 2.71 bits per heavy atom. The molecule has 8 nitrogen and oxygen atoms in total. The first-order chi connectivity index (χ1) is 13.4. The lowest BCUT2D eigenvalue weighted by atomic mass is 10.1. The molecule has 4 aromatic rings. The third kappa shape index (κ3) is 3.01. The molecule has 28 heavy (non-hydrogen) atoms. The lowest BCUT2D eigenvalue weighted by Crippen LogP contribution is -2.21. The van der Waals surface area contributed by atoms with E-state index in [2.05, 4.69) is 20.3 Å². The van der Waals surface area contributed by atoms with Crippen molar-refractivity contribution >= 4 is 45.2 Å². The normalized spacial score (nSPS) is 10.9. The molecule has 1 aromatic carbocycles. The van der Waals surface area contributed by atoms with E-state index in [1.807, 2.05) is 6.07 Å². The number of H-pyrrole nitrogens is 1. The number of amides is 1. The number of hydrogen-bond acceptors (Lipinski definition) is 5. The summed E-state index contributed by atoms with van der Waals surface area (Å²) in [5.74, 6) is -0.624. The first-order valence-electron chi connectivity index (χ1n) is 8.52. The minimum absolute atomic E-state index is 0.0661. The van der Waals surface area contributed by atoms with Gasteiger partial charge in [-0.2, -0.15) is 0 Å². The van der Waals surface area contributed by atoms with Gasteiger partial charge in [-0.25, -0.2) is 9.78 Å². The van der Waals surface area contributed by atoms with Gasteiger partial charge in [-0.1, -0.05) is 6.07 Å². The maximum absolute atomic E-state index is 12.2. The SMILES string of the molecule is CN(C)C(=O)c1cccc(Nc2nc3cc(C(=O)O)[nH]c3c3ccncc23)c1. The minimum Gasteiger partial charge on any atom is -0.477 e. The van der Waals surface area contributed by atoms with Gasteiger partial charge in [-0.15, -0.1) is 0 Å². The van der Waals surface area contributed by atoms with Crippen molar-refractivity contribution in [2.75, 3.05) is 19.4 Å². The number of aromatic carboxylic acids is 1. The standard InChI is InChI=1S/C20H17N5O3/c1-25(2)19(26)11-4-3-5-12(8-11)22-18-14-10-21-7-6-13(14)17-15(24-18)9-16(23-17)20(27)28/h3-10,23H,1-2H3,(H,22,24)(H,27,28). The van der Waals surface area contributed by atoms with E-state index in [0.29, 0.717) is 28.1 Å². The molecule has 3 heterocycles. The van der Waals surface area contributed by atoms with Crippen molar-refractivity contribution in [1.82, 2.24) is 19.9 Å². The Morgan fingerprint density at radius 1 is 1.14 bits per heavy atom. The molecule has 3 aromatic heterocycles. The second-order valence-electron chi connectivity index (χ2n) is 6.54. The van der Waals surface area contributed by atoms with Crippen molar-refractivity contribution in [3.05, 3.63) is 60.0 Å². The Balaban J connectivity index is 1.83. The third-order valence-corrected chi connectivity index (χ3v) is 4.38. The van der Waals surface area contributed by atoms with Gasteiger partial charge in [0.05, 0.1) is 11.0 Å². The van der Waals surface area contributed by atoms with Gasteiger partial charge in [0.25, 0.3) is 5.91 Å². The van der Waals surface area contributed by atoms with Crippen LogP contribution < -0.4 is 5.32 Å². The monoisotopic (exact) mass is 375 g/mol. The number of aromatic nitrogens is 3. The highest BCUT2D eigenvalue weighted by Gasteiger charge is 2.15. The summed E-state index contributed by atoms with van der Waals surface area (Å²) in [6.07, 6.45) is 3.31. The number of rotatable bonds is 4. The molecule has 0 aliphatic rings. The Bertz CT molecular complexity index is 1230. The molecule has 0 saturated heterocycles. The quantitative estimate of drug-likeness (QED) is 0.505. The molecule has 0 aliphatic heterocycles. The van der Waals surface area contributed by atoms with Gasteiger partial charge in [0.15, 0.2) is 0 Å². The van der Waals surface area contributed by atoms with Crippen molar-refractivity contribution in [3.63, 3.8) is 0 Å². The van der Waals surface area contributed by atoms with E-state index in [1.165, 1.54) is 11.0 Å². The van der Waals surface area contributed by atoms with Crippen molar-refractivity contribution in [2.45, 2.75) is 0 Å². The van der Waals surface area contributed by atoms with Crippen molar-refractivity contribution in [2.24, 2.45) is 0 Å². The van der Waals surface area contributed by atoms with Crippen LogP contribution in [0.4, 0.5) is 11.5 Å². The number of hydrogen-bond donors (Lipinski definition) is 3. The van der Waals surface area contributed by atoms with Crippen molar-refractivity contribution in [1.29, 1.82) is 0 Å². The molecule has 8 heteroatoms. The number of nitrogens with zero attached hydrogens (tertiary/aromatic N) is 3. The summed E-state index contributed by atoms with van der Waals surface area (Å²) < 4.78 is 0. The molecular formula is C20H17N5O3. The summed E-state index contributed by atoms with van der Waals surface area (Å²) in [5.41, 5.74) is 2.47. The van der Waals surface area contributed by atoms with Crippen LogP contribution in [0.3, 0.4) is 0 Å². The van der Waals surface area contributed by atoms with E-state index in [-0.39, 0.29) is 11.6 Å². The molecule has 0 aliphatic carbocycles. The van der Waals surface area contributed by atoms with Gasteiger partial charge >= 0.3 is 5.97 Å². The van der Waals surface area contributed by atoms with Crippen LogP contribution in [0.2, 0.25) is 0 Å². The van der Waals surface area contributed by atoms with Crippen LogP contribution in [0.1, 0.15) is 20.8 Å². The number of benzene rings is 1. The summed E-state index contributed by atoms with van der Waals surface area (Å²) in [4.78, 5) is 36.7. The number of carboxylic acid groups (broad SMARTS) is 1. The summed E-state index contributed by atoms with van der Waals surface area (Å²) in [6, 6.07) is 10.4. The smallest absolute Gasteiger partial charge is 0.352 e. The van der Waals surface area contributed by atoms with Crippen LogP contribution in [0.5, 0.6) is 0 Å². The van der Waals surface area contributed by atoms with Crippen LogP contribution in [0.25, 0.3) is 21.8 Å². The van der Waals surface area contributed by atoms with Gasteiger partial charge in [0.1, 0.15) is 11.5 Å². The van der Waals surface area contributed by atoms with E-state index >= 15 is 0 Å². The predicted molar refractivity (Wildman–Crippen MR) is 106 cm³/mol. The number of aromatic amines is 1. The molecular weight excluding hydrogens is 358 g/mol. The summed E-state index contributed by atoms with van der Waals surface area (Å²) >= 11 is 0. The fourth-order valence-electron chi connectivity index (χ4n) is 3.05. The van der Waals surface area contributed by atoms with Gasteiger partial charge in [0.2, 0.25) is 0 Å². The largest absolute Gasteiger partial charge is 0.477 e. The number of carbonyl (C=O) groups excluding carboxylic acids is 1. The first kappa shape index (κ1) is 17.5. The molecule has 0 fully saturated rings. The number of fused-ring (bicyclic) bond motifs is 3. The maximum Gasteiger partial charge on any atom is 0.352 e. The van der Waals surface area contributed by atoms with Crippen molar-refractivity contribution in [3.8, 4) is 0 Å². The topological polar surface area (TPSA) is 111 Å². The average Bonchev–Trinajstić information content (AvgIpc) is 3.12. The highest BCUT2D eigenvalue weighted by molar-refractivity contribution is 6.10. The van der Waals surface area contributed by atoms with Crippen LogP contribution in [0.15, 0.2) is 48.8 Å². The fourth-order valence-corrected chi connectivity index (χ4v) is 3.05. The molecule has 0 bridgehead atoms. The third-order valence-electron chi connectivity index (χ3n) is 4.38. The lowest BCUT2D eigenvalue weighted by Gasteiger charge is -2.13. The number of nitrogens with one attached hydrogen (secondary N) is 2. The van der Waals surface area contributed by atoms with E-state index in [0.717, 1.165) is 10.8 Å². The number of anilines is 2. The molecule has 4 rings (SSSR count). The minimum atomic E-state index is -1.05. The maximum atomic E-state index is 12.2. The molecule has 140 valence electrons. The second kappa shape index (κ2) is 6.66. The Morgan fingerprint density at radius 2 is 1.96 bits per heavy atom. The van der Waals surface area contributed by atoms with Gasteiger partial charge in [-0.05, 0) is 30.3 Å². The van der Waals surface area contributed by atoms with Crippen LogP contribution >= 0.6 is 0 Å². The number of carboxylic acids is 1. The summed E-state index contributed by atoms with van der Waals surface area (Å²) in [6.45, 7) is 0. The average molecular weight is 375 g/mol. The number of pyridine rings is 2. The van der Waals surface area contributed by atoms with Crippen molar-refractivity contribution < 1.29 is 14.7 Å². The van der Waals surface area contributed by atoms with E-state index < -0.39 is 5.97 Å². The number of carbonyl (C=O) groups is 2.